The molecule has 1 aromatic heterocycles. The lowest BCUT2D eigenvalue weighted by Gasteiger charge is -2.20. The predicted octanol–water partition coefficient (Wildman–Crippen LogP) is 1.29. The van der Waals surface area contributed by atoms with E-state index in [-0.39, 0.29) is 16.8 Å². The molecule has 1 aliphatic carbocycles. The molecule has 0 spiro atoms. The van der Waals surface area contributed by atoms with Gasteiger partial charge in [-0.1, -0.05) is 0 Å². The Morgan fingerprint density at radius 2 is 2.20 bits per heavy atom. The number of aryl methyl sites for hydroxylation is 1. The Morgan fingerprint density at radius 1 is 1.45 bits per heavy atom. The first-order valence-corrected chi connectivity index (χ1v) is 7.25. The van der Waals surface area contributed by atoms with E-state index in [1.807, 2.05) is 18.4 Å². The van der Waals surface area contributed by atoms with Gasteiger partial charge in [0, 0.05) is 32.6 Å². The largest absolute Gasteiger partial charge is 0.406 e. The Bertz CT molecular complexity index is 541. The second kappa shape index (κ2) is 4.73. The molecule has 7 nitrogen and oxygen atoms in total. The summed E-state index contributed by atoms with van der Waals surface area (Å²) in [5, 5.41) is 11.2. The second-order valence-electron chi connectivity index (χ2n) is 5.88. The fourth-order valence-electron chi connectivity index (χ4n) is 3.83. The van der Waals surface area contributed by atoms with Gasteiger partial charge in [-0.3, -0.25) is 4.57 Å². The van der Waals surface area contributed by atoms with Crippen LogP contribution in [0.1, 0.15) is 25.6 Å². The summed E-state index contributed by atoms with van der Waals surface area (Å²) in [5.41, 5.74) is 6.15. The van der Waals surface area contributed by atoms with Gasteiger partial charge in [0.05, 0.1) is 0 Å². The molecule has 3 atom stereocenters. The summed E-state index contributed by atoms with van der Waals surface area (Å²) in [7, 11) is 0. The number of nitro groups is 1. The van der Waals surface area contributed by atoms with Gasteiger partial charge in [0.1, 0.15) is 0 Å². The van der Waals surface area contributed by atoms with Crippen LogP contribution in [0.2, 0.25) is 0 Å². The number of hydrogen-bond acceptors (Lipinski definition) is 5. The van der Waals surface area contributed by atoms with E-state index in [0.29, 0.717) is 30.0 Å². The SMILES string of the molecule is CCn1c(C)nc([N+](=O)[O-])c1N1CC2CCC(N)C2C1. The van der Waals surface area contributed by atoms with Crippen LogP contribution < -0.4 is 10.6 Å². The van der Waals surface area contributed by atoms with E-state index in [1.165, 1.54) is 0 Å². The Labute approximate surface area is 117 Å². The van der Waals surface area contributed by atoms with Crippen LogP contribution >= 0.6 is 0 Å². The average Bonchev–Trinajstić information content (AvgIpc) is 3.03. The third kappa shape index (κ3) is 1.88. The van der Waals surface area contributed by atoms with E-state index in [1.54, 1.807) is 0 Å². The summed E-state index contributed by atoms with van der Waals surface area (Å²) >= 11 is 0. The van der Waals surface area contributed by atoms with E-state index < -0.39 is 0 Å². The summed E-state index contributed by atoms with van der Waals surface area (Å²) in [6.45, 7) is 6.19. The highest BCUT2D eigenvalue weighted by atomic mass is 16.6. The monoisotopic (exact) mass is 279 g/mol. The first-order valence-electron chi connectivity index (χ1n) is 7.25. The number of hydrogen-bond donors (Lipinski definition) is 1. The molecule has 110 valence electrons. The Balaban J connectivity index is 1.96. The van der Waals surface area contributed by atoms with Gasteiger partial charge in [-0.05, 0) is 41.5 Å². The summed E-state index contributed by atoms with van der Waals surface area (Å²) in [5.74, 6) is 2.39. The molecule has 0 amide bonds. The lowest BCUT2D eigenvalue weighted by molar-refractivity contribution is -0.388. The van der Waals surface area contributed by atoms with Crippen molar-refractivity contribution in [1.29, 1.82) is 0 Å². The van der Waals surface area contributed by atoms with E-state index >= 15 is 0 Å². The van der Waals surface area contributed by atoms with Crippen molar-refractivity contribution >= 4 is 11.6 Å². The summed E-state index contributed by atoms with van der Waals surface area (Å²) < 4.78 is 1.94. The minimum absolute atomic E-state index is 0.0158. The lowest BCUT2D eigenvalue weighted by atomic mass is 9.98. The molecule has 7 heteroatoms. The number of fused-ring (bicyclic) bond motifs is 1. The van der Waals surface area contributed by atoms with Gasteiger partial charge < -0.3 is 20.7 Å². The van der Waals surface area contributed by atoms with Crippen LogP contribution in [0.25, 0.3) is 0 Å². The third-order valence-electron chi connectivity index (χ3n) is 4.82. The van der Waals surface area contributed by atoms with Crippen LogP contribution in [0.3, 0.4) is 0 Å². The molecule has 1 aromatic rings. The third-order valence-corrected chi connectivity index (χ3v) is 4.82. The second-order valence-corrected chi connectivity index (χ2v) is 5.88. The molecular formula is C13H21N5O2. The van der Waals surface area contributed by atoms with Gasteiger partial charge in [0.25, 0.3) is 0 Å². The van der Waals surface area contributed by atoms with E-state index in [2.05, 4.69) is 9.88 Å². The maximum Gasteiger partial charge on any atom is 0.406 e. The lowest BCUT2D eigenvalue weighted by Crippen LogP contribution is -2.31. The zero-order chi connectivity index (χ0) is 14.4. The highest BCUT2D eigenvalue weighted by Crippen LogP contribution is 2.41. The zero-order valence-corrected chi connectivity index (χ0v) is 12.0. The van der Waals surface area contributed by atoms with Gasteiger partial charge >= 0.3 is 5.82 Å². The van der Waals surface area contributed by atoms with Crippen molar-refractivity contribution in [2.24, 2.45) is 17.6 Å². The molecule has 0 aromatic carbocycles. The Hall–Kier alpha value is -1.63. The number of aromatic nitrogens is 2. The molecule has 0 bridgehead atoms. The minimum Gasteiger partial charge on any atom is -0.358 e. The zero-order valence-electron chi connectivity index (χ0n) is 12.0. The van der Waals surface area contributed by atoms with Crippen LogP contribution in [0.15, 0.2) is 0 Å². The van der Waals surface area contributed by atoms with E-state index in [0.717, 1.165) is 25.9 Å². The topological polar surface area (TPSA) is 90.2 Å². The Morgan fingerprint density at radius 3 is 2.80 bits per heavy atom. The van der Waals surface area contributed by atoms with Crippen LogP contribution in [0, 0.1) is 28.9 Å². The van der Waals surface area contributed by atoms with Crippen molar-refractivity contribution in [3.8, 4) is 0 Å². The summed E-state index contributed by atoms with van der Waals surface area (Å²) in [6.07, 6.45) is 2.21. The van der Waals surface area contributed by atoms with Gasteiger partial charge in [-0.15, -0.1) is 0 Å². The molecule has 1 aliphatic heterocycles. The van der Waals surface area contributed by atoms with Crippen LogP contribution in [-0.4, -0.2) is 33.6 Å². The minimum atomic E-state index is -0.372. The van der Waals surface area contributed by atoms with Crippen LogP contribution in [-0.2, 0) is 6.54 Å². The van der Waals surface area contributed by atoms with E-state index in [9.17, 15) is 10.1 Å². The van der Waals surface area contributed by atoms with Gasteiger partial charge in [-0.25, -0.2) is 0 Å². The number of anilines is 1. The molecule has 1 saturated heterocycles. The van der Waals surface area contributed by atoms with Crippen LogP contribution in [0.4, 0.5) is 11.6 Å². The molecule has 0 radical (unpaired) electrons. The first kappa shape index (κ1) is 13.4. The molecule has 3 rings (SSSR count). The molecule has 2 fully saturated rings. The average molecular weight is 279 g/mol. The van der Waals surface area contributed by atoms with Crippen molar-refractivity contribution < 1.29 is 4.92 Å². The molecule has 2 heterocycles. The highest BCUT2D eigenvalue weighted by molar-refractivity contribution is 5.57. The van der Waals surface area contributed by atoms with E-state index in [4.69, 9.17) is 5.73 Å². The molecule has 2 N–H and O–H groups in total. The van der Waals surface area contributed by atoms with Gasteiger partial charge in [0.15, 0.2) is 0 Å². The summed E-state index contributed by atoms with van der Waals surface area (Å²) in [4.78, 5) is 17.1. The quantitative estimate of drug-likeness (QED) is 0.665. The molecule has 1 saturated carbocycles. The highest BCUT2D eigenvalue weighted by Gasteiger charge is 2.44. The molecular weight excluding hydrogens is 258 g/mol. The number of imidazole rings is 1. The van der Waals surface area contributed by atoms with Crippen molar-refractivity contribution in [3.05, 3.63) is 15.9 Å². The molecule has 3 unspecified atom stereocenters. The van der Waals surface area contributed by atoms with Crippen molar-refractivity contribution in [2.75, 3.05) is 18.0 Å². The van der Waals surface area contributed by atoms with Crippen molar-refractivity contribution in [3.63, 3.8) is 0 Å². The summed E-state index contributed by atoms with van der Waals surface area (Å²) in [6, 6.07) is 0.239. The Kier molecular flexibility index (Phi) is 3.16. The fraction of sp³-hybridized carbons (Fsp3) is 0.769. The molecule has 20 heavy (non-hydrogen) atoms. The smallest absolute Gasteiger partial charge is 0.358 e. The van der Waals surface area contributed by atoms with Gasteiger partial charge in [-0.2, -0.15) is 0 Å². The van der Waals surface area contributed by atoms with Gasteiger partial charge in [0.2, 0.25) is 11.6 Å². The maximum absolute atomic E-state index is 11.2. The first-order chi connectivity index (χ1) is 9.52. The normalized spacial score (nSPS) is 28.9. The van der Waals surface area contributed by atoms with Crippen molar-refractivity contribution in [2.45, 2.75) is 39.3 Å². The standard InChI is InChI=1S/C13H21N5O2/c1-3-17-8(2)15-12(18(19)20)13(17)16-6-9-4-5-11(14)10(9)7-16/h9-11H,3-7,14H2,1-2H3. The number of rotatable bonds is 3. The predicted molar refractivity (Wildman–Crippen MR) is 75.7 cm³/mol. The molecule has 2 aliphatic rings. The number of nitrogens with two attached hydrogens (primary N) is 1. The number of nitrogens with zero attached hydrogens (tertiary/aromatic N) is 4. The fourth-order valence-corrected chi connectivity index (χ4v) is 3.83. The van der Waals surface area contributed by atoms with Crippen molar-refractivity contribution in [1.82, 2.24) is 9.55 Å². The maximum atomic E-state index is 11.2. The van der Waals surface area contributed by atoms with Crippen LogP contribution in [0.5, 0.6) is 0 Å².